The minimum absolute atomic E-state index is 0.0177. The molecule has 0 atom stereocenters. The van der Waals surface area contributed by atoms with E-state index in [0.29, 0.717) is 35.4 Å². The quantitative estimate of drug-likeness (QED) is 0.352. The Hall–Kier alpha value is -3.51. The highest BCUT2D eigenvalue weighted by Gasteiger charge is 2.28. The number of carbonyl (C=O) groups is 1. The second-order valence-electron chi connectivity index (χ2n) is 8.72. The first-order chi connectivity index (χ1) is 16.5. The first-order valence-electron chi connectivity index (χ1n) is 11.4. The Bertz CT molecular complexity index is 1240. The molecule has 0 saturated heterocycles. The van der Waals surface area contributed by atoms with Gasteiger partial charge in [0.1, 0.15) is 5.15 Å². The molecule has 174 valence electrons. The zero-order chi connectivity index (χ0) is 24.1. The second kappa shape index (κ2) is 10.6. The van der Waals surface area contributed by atoms with E-state index in [1.807, 2.05) is 42.5 Å². The molecule has 4 rings (SSSR count). The van der Waals surface area contributed by atoms with Crippen molar-refractivity contribution < 1.29 is 4.79 Å². The third-order valence-electron chi connectivity index (χ3n) is 5.76. The van der Waals surface area contributed by atoms with E-state index in [4.69, 9.17) is 17.3 Å². The average molecular weight is 474 g/mol. The van der Waals surface area contributed by atoms with E-state index in [0.717, 1.165) is 40.9 Å². The summed E-state index contributed by atoms with van der Waals surface area (Å²) in [6, 6.07) is 15.2. The largest absolute Gasteiger partial charge is 0.404 e. The number of aromatic nitrogens is 2. The van der Waals surface area contributed by atoms with Gasteiger partial charge in [0, 0.05) is 54.0 Å². The van der Waals surface area contributed by atoms with E-state index in [-0.39, 0.29) is 5.91 Å². The molecule has 0 saturated carbocycles. The number of allylic oxidation sites excluding steroid dienone is 1. The average Bonchev–Trinajstić information content (AvgIpc) is 3.14. The molecule has 1 aliphatic heterocycles. The van der Waals surface area contributed by atoms with Gasteiger partial charge in [0.2, 0.25) is 0 Å². The molecule has 1 aliphatic rings. The smallest absolute Gasteiger partial charge is 0.254 e. The van der Waals surface area contributed by atoms with Crippen molar-refractivity contribution in [2.75, 3.05) is 6.54 Å². The fraction of sp³-hybridized carbons (Fsp3) is 0.259. The van der Waals surface area contributed by atoms with Crippen molar-refractivity contribution in [3.8, 4) is 11.3 Å². The van der Waals surface area contributed by atoms with Crippen LogP contribution < -0.4 is 5.73 Å². The van der Waals surface area contributed by atoms with Gasteiger partial charge in [-0.15, -0.1) is 0 Å². The Morgan fingerprint density at radius 3 is 2.82 bits per heavy atom. The Balaban J connectivity index is 1.63. The van der Waals surface area contributed by atoms with Crippen LogP contribution >= 0.6 is 11.6 Å². The van der Waals surface area contributed by atoms with Gasteiger partial charge in [-0.3, -0.25) is 14.8 Å². The number of rotatable bonds is 8. The number of halogens is 1. The SMILES string of the molecule is CC(C)CCN=CC(=CN)c1ccc(Cl)nc1-c1ccc2c(c1)C(=O)N(Cc1ccccn1)C2. The molecule has 0 radical (unpaired) electrons. The first-order valence-corrected chi connectivity index (χ1v) is 11.7. The summed E-state index contributed by atoms with van der Waals surface area (Å²) in [5.41, 5.74) is 11.5. The van der Waals surface area contributed by atoms with Crippen molar-refractivity contribution in [1.82, 2.24) is 14.9 Å². The predicted octanol–water partition coefficient (Wildman–Crippen LogP) is 5.37. The van der Waals surface area contributed by atoms with Gasteiger partial charge in [-0.1, -0.05) is 43.6 Å². The van der Waals surface area contributed by atoms with E-state index < -0.39 is 0 Å². The fourth-order valence-corrected chi connectivity index (χ4v) is 4.06. The van der Waals surface area contributed by atoms with Crippen LogP contribution in [0.25, 0.3) is 16.8 Å². The zero-order valence-electron chi connectivity index (χ0n) is 19.4. The van der Waals surface area contributed by atoms with Crippen molar-refractivity contribution >= 4 is 29.3 Å². The lowest BCUT2D eigenvalue weighted by Crippen LogP contribution is -2.23. The lowest BCUT2D eigenvalue weighted by Gasteiger charge is -2.14. The standard InChI is InChI=1S/C27H28ClN5O/c1-18(2)10-12-30-15-21(14-29)23-8-9-25(28)32-26(23)19-6-7-20-16-33(27(34)24(20)13-19)17-22-5-3-4-11-31-22/h3-9,11,13-15,18H,10,12,16-17,29H2,1-2H3. The van der Waals surface area contributed by atoms with Gasteiger partial charge in [0.25, 0.3) is 5.91 Å². The van der Waals surface area contributed by atoms with Crippen LogP contribution in [0.3, 0.4) is 0 Å². The van der Waals surface area contributed by atoms with Crippen LogP contribution in [0.2, 0.25) is 5.15 Å². The minimum Gasteiger partial charge on any atom is -0.404 e. The van der Waals surface area contributed by atoms with E-state index in [9.17, 15) is 4.79 Å². The summed E-state index contributed by atoms with van der Waals surface area (Å²) in [5, 5.41) is 0.371. The number of nitrogens with zero attached hydrogens (tertiary/aromatic N) is 4. The molecule has 1 amide bonds. The van der Waals surface area contributed by atoms with Crippen LogP contribution in [-0.4, -0.2) is 33.5 Å². The van der Waals surface area contributed by atoms with E-state index in [1.54, 1.807) is 23.4 Å². The number of hydrogen-bond acceptors (Lipinski definition) is 5. The number of amides is 1. The zero-order valence-corrected chi connectivity index (χ0v) is 20.2. The van der Waals surface area contributed by atoms with E-state index in [1.165, 1.54) is 6.20 Å². The van der Waals surface area contributed by atoms with Crippen molar-refractivity contribution in [3.05, 3.63) is 88.5 Å². The number of hydrogen-bond donors (Lipinski definition) is 1. The van der Waals surface area contributed by atoms with Gasteiger partial charge in [0.05, 0.1) is 17.9 Å². The molecular formula is C27H28ClN5O. The van der Waals surface area contributed by atoms with Crippen molar-refractivity contribution in [2.45, 2.75) is 33.4 Å². The van der Waals surface area contributed by atoms with Gasteiger partial charge < -0.3 is 10.6 Å². The molecule has 3 heterocycles. The molecule has 0 bridgehead atoms. The molecule has 0 aliphatic carbocycles. The highest BCUT2D eigenvalue weighted by atomic mass is 35.5. The molecule has 3 aromatic rings. The number of pyridine rings is 2. The summed E-state index contributed by atoms with van der Waals surface area (Å²) in [7, 11) is 0. The van der Waals surface area contributed by atoms with Crippen LogP contribution in [0.1, 0.15) is 47.4 Å². The third-order valence-corrected chi connectivity index (χ3v) is 5.97. The third kappa shape index (κ3) is 5.34. The van der Waals surface area contributed by atoms with Gasteiger partial charge in [0.15, 0.2) is 0 Å². The fourth-order valence-electron chi connectivity index (χ4n) is 3.91. The summed E-state index contributed by atoms with van der Waals surface area (Å²) in [6.07, 6.45) is 6.05. The van der Waals surface area contributed by atoms with Crippen molar-refractivity contribution in [3.63, 3.8) is 0 Å². The van der Waals surface area contributed by atoms with Crippen LogP contribution in [0.4, 0.5) is 0 Å². The van der Waals surface area contributed by atoms with Crippen molar-refractivity contribution in [1.29, 1.82) is 0 Å². The summed E-state index contributed by atoms with van der Waals surface area (Å²) >= 11 is 6.26. The molecule has 6 nitrogen and oxygen atoms in total. The molecule has 7 heteroatoms. The minimum atomic E-state index is -0.0177. The number of fused-ring (bicyclic) bond motifs is 1. The monoisotopic (exact) mass is 473 g/mol. The van der Waals surface area contributed by atoms with Crippen LogP contribution in [-0.2, 0) is 13.1 Å². The number of carbonyl (C=O) groups excluding carboxylic acids is 1. The predicted molar refractivity (Wildman–Crippen MR) is 137 cm³/mol. The maximum absolute atomic E-state index is 13.2. The highest BCUT2D eigenvalue weighted by Crippen LogP contribution is 2.32. The summed E-state index contributed by atoms with van der Waals surface area (Å²) in [4.78, 5) is 28.4. The van der Waals surface area contributed by atoms with Gasteiger partial charge in [-0.2, -0.15) is 0 Å². The normalized spacial score (nSPS) is 13.8. The lowest BCUT2D eigenvalue weighted by atomic mass is 9.97. The topological polar surface area (TPSA) is 84.5 Å². The number of benzene rings is 1. The molecular weight excluding hydrogens is 446 g/mol. The lowest BCUT2D eigenvalue weighted by molar-refractivity contribution is 0.0764. The molecule has 1 aromatic carbocycles. The Labute approximate surface area is 205 Å². The van der Waals surface area contributed by atoms with Crippen molar-refractivity contribution in [2.24, 2.45) is 16.6 Å². The number of nitrogens with two attached hydrogens (primary N) is 1. The van der Waals surface area contributed by atoms with E-state index >= 15 is 0 Å². The first kappa shape index (κ1) is 23.6. The molecule has 2 N–H and O–H groups in total. The second-order valence-corrected chi connectivity index (χ2v) is 9.11. The summed E-state index contributed by atoms with van der Waals surface area (Å²) in [5.74, 6) is 0.562. The molecule has 34 heavy (non-hydrogen) atoms. The molecule has 0 spiro atoms. The Morgan fingerprint density at radius 2 is 2.09 bits per heavy atom. The molecule has 0 fully saturated rings. The number of aliphatic imine (C=N–C) groups is 1. The molecule has 2 aromatic heterocycles. The molecule has 0 unspecified atom stereocenters. The van der Waals surface area contributed by atoms with Crippen LogP contribution in [0.15, 0.2) is 65.9 Å². The van der Waals surface area contributed by atoms with E-state index in [2.05, 4.69) is 28.8 Å². The summed E-state index contributed by atoms with van der Waals surface area (Å²) in [6.45, 7) is 6.09. The van der Waals surface area contributed by atoms with Crippen LogP contribution in [0, 0.1) is 5.92 Å². The Morgan fingerprint density at radius 1 is 1.24 bits per heavy atom. The van der Waals surface area contributed by atoms with Crippen LogP contribution in [0.5, 0.6) is 0 Å². The van der Waals surface area contributed by atoms with Gasteiger partial charge >= 0.3 is 0 Å². The van der Waals surface area contributed by atoms with Gasteiger partial charge in [-0.25, -0.2) is 4.98 Å². The summed E-state index contributed by atoms with van der Waals surface area (Å²) < 4.78 is 0. The maximum Gasteiger partial charge on any atom is 0.254 e. The van der Waals surface area contributed by atoms with Gasteiger partial charge in [-0.05, 0) is 48.2 Å². The maximum atomic E-state index is 13.2. The highest BCUT2D eigenvalue weighted by molar-refractivity contribution is 6.29. The Kier molecular flexibility index (Phi) is 7.38.